The van der Waals surface area contributed by atoms with Gasteiger partial charge in [-0.05, 0) is 24.3 Å². The summed E-state index contributed by atoms with van der Waals surface area (Å²) in [5.74, 6) is 1.99. The van der Waals surface area contributed by atoms with E-state index in [4.69, 9.17) is 23.2 Å². The molecule has 0 aliphatic carbocycles. The molecule has 0 saturated heterocycles. The lowest BCUT2D eigenvalue weighted by molar-refractivity contribution is 0.867. The topological polar surface area (TPSA) is 30.7 Å². The zero-order chi connectivity index (χ0) is 11.5. The maximum Gasteiger partial charge on any atom is 0.152 e. The minimum absolute atomic E-state index is 0.343. The third-order valence-corrected chi connectivity index (χ3v) is 2.81. The lowest BCUT2D eigenvalue weighted by Crippen LogP contribution is -2.03. The molecule has 0 saturated carbocycles. The van der Waals surface area contributed by atoms with Crippen molar-refractivity contribution in [2.24, 2.45) is 0 Å². The zero-order valence-electron chi connectivity index (χ0n) is 8.82. The number of halogens is 2. The number of aromatic nitrogens is 3. The normalized spacial score (nSPS) is 10.7. The summed E-state index contributed by atoms with van der Waals surface area (Å²) >= 11 is 11.7. The van der Waals surface area contributed by atoms with Crippen LogP contribution in [0.2, 0.25) is 5.02 Å². The SMILES string of the molecule is CCc1nnc(CCl)n1-c1ccc(Cl)cc1. The van der Waals surface area contributed by atoms with E-state index in [-0.39, 0.29) is 0 Å². The van der Waals surface area contributed by atoms with Gasteiger partial charge in [0.1, 0.15) is 5.82 Å². The third-order valence-electron chi connectivity index (χ3n) is 2.32. The molecule has 0 radical (unpaired) electrons. The Morgan fingerprint density at radius 1 is 1.12 bits per heavy atom. The van der Waals surface area contributed by atoms with E-state index in [0.29, 0.717) is 10.9 Å². The molecule has 0 unspecified atom stereocenters. The van der Waals surface area contributed by atoms with E-state index in [0.717, 1.165) is 23.8 Å². The molecule has 0 N–H and O–H groups in total. The Morgan fingerprint density at radius 3 is 2.31 bits per heavy atom. The van der Waals surface area contributed by atoms with Crippen LogP contribution in [0.3, 0.4) is 0 Å². The van der Waals surface area contributed by atoms with Gasteiger partial charge in [-0.15, -0.1) is 21.8 Å². The smallest absolute Gasteiger partial charge is 0.152 e. The summed E-state index contributed by atoms with van der Waals surface area (Å²) in [6, 6.07) is 7.55. The van der Waals surface area contributed by atoms with Crippen molar-refractivity contribution in [1.82, 2.24) is 14.8 Å². The number of benzene rings is 1. The molecule has 1 heterocycles. The van der Waals surface area contributed by atoms with Gasteiger partial charge in [0.05, 0.1) is 5.88 Å². The molecule has 5 heteroatoms. The van der Waals surface area contributed by atoms with Crippen molar-refractivity contribution in [2.45, 2.75) is 19.2 Å². The van der Waals surface area contributed by atoms with E-state index in [9.17, 15) is 0 Å². The van der Waals surface area contributed by atoms with E-state index < -0.39 is 0 Å². The van der Waals surface area contributed by atoms with Crippen molar-refractivity contribution < 1.29 is 0 Å². The molecule has 1 aromatic heterocycles. The Balaban J connectivity index is 2.52. The van der Waals surface area contributed by atoms with Crippen LogP contribution < -0.4 is 0 Å². The Kier molecular flexibility index (Phi) is 3.46. The number of rotatable bonds is 3. The predicted molar refractivity (Wildman–Crippen MR) is 65.3 cm³/mol. The van der Waals surface area contributed by atoms with Crippen LogP contribution in [0.25, 0.3) is 5.69 Å². The molecule has 84 valence electrons. The molecule has 0 bridgehead atoms. The molecule has 0 aliphatic rings. The molecule has 1 aromatic carbocycles. The first-order valence-electron chi connectivity index (χ1n) is 5.01. The van der Waals surface area contributed by atoms with E-state index in [1.165, 1.54) is 0 Å². The molecule has 3 nitrogen and oxygen atoms in total. The minimum atomic E-state index is 0.343. The largest absolute Gasteiger partial charge is 0.282 e. The first-order chi connectivity index (χ1) is 7.76. The summed E-state index contributed by atoms with van der Waals surface area (Å²) in [5.41, 5.74) is 0.988. The highest BCUT2D eigenvalue weighted by atomic mass is 35.5. The molecule has 0 atom stereocenters. The van der Waals surface area contributed by atoms with E-state index >= 15 is 0 Å². The fourth-order valence-electron chi connectivity index (χ4n) is 1.56. The molecule has 0 fully saturated rings. The number of hydrogen-bond donors (Lipinski definition) is 0. The van der Waals surface area contributed by atoms with Gasteiger partial charge in [0.15, 0.2) is 5.82 Å². The van der Waals surface area contributed by atoms with Gasteiger partial charge in [-0.3, -0.25) is 4.57 Å². The van der Waals surface area contributed by atoms with Crippen molar-refractivity contribution in [1.29, 1.82) is 0 Å². The standard InChI is InChI=1S/C11H11Cl2N3/c1-2-10-14-15-11(7-12)16(10)9-5-3-8(13)4-6-9/h3-6H,2,7H2,1H3. The van der Waals surface area contributed by atoms with Gasteiger partial charge in [-0.25, -0.2) is 0 Å². The number of nitrogens with zero attached hydrogens (tertiary/aromatic N) is 3. The van der Waals surface area contributed by atoms with Gasteiger partial charge in [-0.1, -0.05) is 18.5 Å². The first-order valence-corrected chi connectivity index (χ1v) is 5.92. The lowest BCUT2D eigenvalue weighted by Gasteiger charge is -2.07. The summed E-state index contributed by atoms with van der Waals surface area (Å²) in [6.45, 7) is 2.04. The van der Waals surface area contributed by atoms with Crippen molar-refractivity contribution in [3.05, 3.63) is 40.9 Å². The quantitative estimate of drug-likeness (QED) is 0.789. The molecule has 16 heavy (non-hydrogen) atoms. The van der Waals surface area contributed by atoms with Crippen LogP contribution in [0.5, 0.6) is 0 Å². The van der Waals surface area contributed by atoms with Crippen LogP contribution in [0.1, 0.15) is 18.6 Å². The molecule has 0 amide bonds. The molecule has 0 spiro atoms. The minimum Gasteiger partial charge on any atom is -0.282 e. The molecule has 0 aliphatic heterocycles. The van der Waals surface area contributed by atoms with Gasteiger partial charge in [0, 0.05) is 17.1 Å². The van der Waals surface area contributed by atoms with Gasteiger partial charge in [0.25, 0.3) is 0 Å². The average Bonchev–Trinajstić information content (AvgIpc) is 2.73. The highest BCUT2D eigenvalue weighted by Gasteiger charge is 2.11. The van der Waals surface area contributed by atoms with E-state index in [1.54, 1.807) is 0 Å². The maximum absolute atomic E-state index is 5.85. The van der Waals surface area contributed by atoms with Crippen LogP contribution in [0.4, 0.5) is 0 Å². The van der Waals surface area contributed by atoms with E-state index in [1.807, 2.05) is 35.8 Å². The average molecular weight is 256 g/mol. The molecule has 2 rings (SSSR count). The maximum atomic E-state index is 5.85. The Morgan fingerprint density at radius 2 is 1.75 bits per heavy atom. The van der Waals surface area contributed by atoms with Crippen molar-refractivity contribution >= 4 is 23.2 Å². The van der Waals surface area contributed by atoms with Gasteiger partial charge < -0.3 is 0 Å². The summed E-state index contributed by atoms with van der Waals surface area (Å²) in [7, 11) is 0. The van der Waals surface area contributed by atoms with Gasteiger partial charge in [-0.2, -0.15) is 0 Å². The highest BCUT2D eigenvalue weighted by Crippen LogP contribution is 2.17. The highest BCUT2D eigenvalue weighted by molar-refractivity contribution is 6.30. The Labute approximate surface area is 104 Å². The monoisotopic (exact) mass is 255 g/mol. The van der Waals surface area contributed by atoms with Crippen LogP contribution in [0.15, 0.2) is 24.3 Å². The number of hydrogen-bond acceptors (Lipinski definition) is 2. The fraction of sp³-hybridized carbons (Fsp3) is 0.273. The number of alkyl halides is 1. The summed E-state index contributed by atoms with van der Waals surface area (Å²) in [5, 5.41) is 8.86. The first kappa shape index (κ1) is 11.4. The van der Waals surface area contributed by atoms with Crippen molar-refractivity contribution in [2.75, 3.05) is 0 Å². The second kappa shape index (κ2) is 4.85. The second-order valence-corrected chi connectivity index (χ2v) is 4.04. The summed E-state index contributed by atoms with van der Waals surface area (Å²) in [4.78, 5) is 0. The third kappa shape index (κ3) is 2.06. The molecule has 2 aromatic rings. The Hall–Kier alpha value is -1.06. The zero-order valence-corrected chi connectivity index (χ0v) is 10.3. The summed E-state index contributed by atoms with van der Waals surface area (Å²) < 4.78 is 1.96. The van der Waals surface area contributed by atoms with Gasteiger partial charge in [0.2, 0.25) is 0 Å². The van der Waals surface area contributed by atoms with Crippen molar-refractivity contribution in [3.63, 3.8) is 0 Å². The van der Waals surface area contributed by atoms with Gasteiger partial charge >= 0.3 is 0 Å². The second-order valence-electron chi connectivity index (χ2n) is 3.33. The van der Waals surface area contributed by atoms with E-state index in [2.05, 4.69) is 10.2 Å². The lowest BCUT2D eigenvalue weighted by atomic mass is 10.3. The Bertz CT molecular complexity index is 455. The van der Waals surface area contributed by atoms with Crippen LogP contribution in [0, 0.1) is 0 Å². The fourth-order valence-corrected chi connectivity index (χ4v) is 1.86. The van der Waals surface area contributed by atoms with Crippen LogP contribution in [-0.2, 0) is 12.3 Å². The van der Waals surface area contributed by atoms with Crippen LogP contribution >= 0.6 is 23.2 Å². The molecular weight excluding hydrogens is 245 g/mol. The van der Waals surface area contributed by atoms with Crippen molar-refractivity contribution in [3.8, 4) is 5.69 Å². The number of aryl methyl sites for hydroxylation is 1. The summed E-state index contributed by atoms with van der Waals surface area (Å²) in [6.07, 6.45) is 0.812. The predicted octanol–water partition coefficient (Wildman–Crippen LogP) is 3.22. The van der Waals surface area contributed by atoms with Crippen LogP contribution in [-0.4, -0.2) is 14.8 Å². The molecular formula is C11H11Cl2N3.